The minimum absolute atomic E-state index is 0.0946. The lowest BCUT2D eigenvalue weighted by Crippen LogP contribution is -2.29. The Morgan fingerprint density at radius 2 is 1.33 bits per heavy atom. The molecule has 1 aliphatic rings. The summed E-state index contributed by atoms with van der Waals surface area (Å²) in [6.07, 6.45) is 0.794. The lowest BCUT2D eigenvalue weighted by molar-refractivity contribution is -0.125. The number of amides is 1. The second-order valence-corrected chi connectivity index (χ2v) is 6.39. The number of rotatable bonds is 6. The van der Waals surface area contributed by atoms with Gasteiger partial charge < -0.3 is 10.2 Å². The molecule has 1 N–H and O–H groups in total. The highest BCUT2D eigenvalue weighted by molar-refractivity contribution is 6.24. The van der Waals surface area contributed by atoms with Crippen LogP contribution in [0.3, 0.4) is 0 Å². The Hall–Kier alpha value is -3.40. The summed E-state index contributed by atoms with van der Waals surface area (Å²) in [6.45, 7) is 0.483. The maximum atomic E-state index is 12.0. The highest BCUT2D eigenvalue weighted by Gasteiger charge is 2.24. The lowest BCUT2D eigenvalue weighted by atomic mass is 10.1. The second kappa shape index (κ2) is 7.87. The molecule has 0 spiro atoms. The van der Waals surface area contributed by atoms with Crippen LogP contribution in [0.2, 0.25) is 0 Å². The van der Waals surface area contributed by atoms with Gasteiger partial charge in [0.05, 0.1) is 0 Å². The Kier molecular flexibility index (Phi) is 4.97. The van der Waals surface area contributed by atoms with Crippen LogP contribution in [0, 0.1) is 0 Å². The first-order chi connectivity index (χ1) is 13.3. The van der Waals surface area contributed by atoms with Crippen molar-refractivity contribution in [3.05, 3.63) is 95.6 Å². The Morgan fingerprint density at radius 1 is 0.778 bits per heavy atom. The van der Waals surface area contributed by atoms with Crippen molar-refractivity contribution >= 4 is 11.6 Å². The third-order valence-electron chi connectivity index (χ3n) is 4.58. The minimum atomic E-state index is -0.171. The van der Waals surface area contributed by atoms with E-state index in [2.05, 4.69) is 22.6 Å². The van der Waals surface area contributed by atoms with Gasteiger partial charge in [-0.3, -0.25) is 4.79 Å². The minimum Gasteiger partial charge on any atom is -0.385 e. The van der Waals surface area contributed by atoms with Crippen LogP contribution < -0.4 is 5.32 Å². The maximum absolute atomic E-state index is 12.0. The number of oxime groups is 1. The number of fused-ring (bicyclic) bond motifs is 3. The van der Waals surface area contributed by atoms with Crippen molar-refractivity contribution in [2.24, 2.45) is 5.16 Å². The van der Waals surface area contributed by atoms with E-state index < -0.39 is 0 Å². The molecule has 3 aromatic carbocycles. The van der Waals surface area contributed by atoms with E-state index in [4.69, 9.17) is 4.84 Å². The first-order valence-electron chi connectivity index (χ1n) is 9.03. The molecule has 0 bridgehead atoms. The summed E-state index contributed by atoms with van der Waals surface area (Å²) >= 11 is 0. The molecule has 0 unspecified atom stereocenters. The van der Waals surface area contributed by atoms with E-state index in [1.54, 1.807) is 0 Å². The molecule has 3 aromatic rings. The van der Waals surface area contributed by atoms with Crippen molar-refractivity contribution in [3.8, 4) is 11.1 Å². The standard InChI is InChI=1S/C23H20N2O2/c26-22(24-15-14-17-8-2-1-3-9-17)16-27-25-23-20-12-6-4-10-18(20)19-11-5-7-13-21(19)23/h1-13H,14-16H2,(H,24,26). The van der Waals surface area contributed by atoms with E-state index in [1.807, 2.05) is 66.7 Å². The van der Waals surface area contributed by atoms with E-state index >= 15 is 0 Å². The van der Waals surface area contributed by atoms with Gasteiger partial charge in [0.25, 0.3) is 5.91 Å². The summed E-state index contributed by atoms with van der Waals surface area (Å²) in [7, 11) is 0. The lowest BCUT2D eigenvalue weighted by Gasteiger charge is -2.05. The molecule has 1 amide bonds. The Labute approximate surface area is 158 Å². The molecule has 4 rings (SSSR count). The fraction of sp³-hybridized carbons (Fsp3) is 0.130. The third-order valence-corrected chi connectivity index (χ3v) is 4.58. The normalized spacial score (nSPS) is 11.5. The summed E-state index contributed by atoms with van der Waals surface area (Å²) in [6, 6.07) is 26.3. The van der Waals surface area contributed by atoms with Gasteiger partial charge in [-0.15, -0.1) is 0 Å². The van der Waals surface area contributed by atoms with Crippen LogP contribution in [0.1, 0.15) is 16.7 Å². The number of nitrogens with zero attached hydrogens (tertiary/aromatic N) is 1. The fourth-order valence-electron chi connectivity index (χ4n) is 3.29. The molecule has 0 saturated heterocycles. The molecule has 134 valence electrons. The number of nitrogens with one attached hydrogen (secondary N) is 1. The van der Waals surface area contributed by atoms with Gasteiger partial charge in [-0.05, 0) is 23.1 Å². The SMILES string of the molecule is O=C(CON=C1c2ccccc2-c2ccccc21)NCCc1ccccc1. The van der Waals surface area contributed by atoms with Gasteiger partial charge in [-0.1, -0.05) is 84.0 Å². The van der Waals surface area contributed by atoms with Gasteiger partial charge in [0.2, 0.25) is 0 Å². The molecular formula is C23H20N2O2. The zero-order valence-electron chi connectivity index (χ0n) is 14.9. The second-order valence-electron chi connectivity index (χ2n) is 6.39. The molecule has 0 atom stereocenters. The van der Waals surface area contributed by atoms with Gasteiger partial charge in [-0.2, -0.15) is 0 Å². The number of hydrogen-bond acceptors (Lipinski definition) is 3. The van der Waals surface area contributed by atoms with Crippen molar-refractivity contribution < 1.29 is 9.63 Å². The van der Waals surface area contributed by atoms with Crippen LogP contribution in [0.25, 0.3) is 11.1 Å². The molecule has 4 nitrogen and oxygen atoms in total. The molecule has 0 saturated carbocycles. The van der Waals surface area contributed by atoms with Crippen molar-refractivity contribution in [1.82, 2.24) is 5.32 Å². The average Bonchev–Trinajstić information content (AvgIpc) is 3.03. The molecule has 0 fully saturated rings. The first-order valence-corrected chi connectivity index (χ1v) is 9.03. The monoisotopic (exact) mass is 356 g/mol. The van der Waals surface area contributed by atoms with E-state index in [1.165, 1.54) is 5.56 Å². The van der Waals surface area contributed by atoms with Crippen LogP contribution in [0.15, 0.2) is 84.0 Å². The molecule has 1 aliphatic carbocycles. The number of hydrogen-bond donors (Lipinski definition) is 1. The Bertz CT molecular complexity index is 933. The van der Waals surface area contributed by atoms with Gasteiger partial charge in [-0.25, -0.2) is 0 Å². The van der Waals surface area contributed by atoms with Crippen molar-refractivity contribution in [1.29, 1.82) is 0 Å². The van der Waals surface area contributed by atoms with E-state index in [9.17, 15) is 4.79 Å². The fourth-order valence-corrected chi connectivity index (χ4v) is 3.29. The maximum Gasteiger partial charge on any atom is 0.260 e. The van der Waals surface area contributed by atoms with Crippen LogP contribution in [-0.4, -0.2) is 24.8 Å². The van der Waals surface area contributed by atoms with Crippen molar-refractivity contribution in [3.63, 3.8) is 0 Å². The zero-order valence-corrected chi connectivity index (χ0v) is 14.9. The van der Waals surface area contributed by atoms with Crippen LogP contribution in [0.5, 0.6) is 0 Å². The quantitative estimate of drug-likeness (QED) is 0.534. The van der Waals surface area contributed by atoms with E-state index in [0.717, 1.165) is 34.4 Å². The molecule has 0 radical (unpaired) electrons. The molecule has 0 aliphatic heterocycles. The van der Waals surface area contributed by atoms with E-state index in [-0.39, 0.29) is 12.5 Å². The van der Waals surface area contributed by atoms with Gasteiger partial charge >= 0.3 is 0 Å². The largest absolute Gasteiger partial charge is 0.385 e. The highest BCUT2D eigenvalue weighted by atomic mass is 16.6. The third kappa shape index (κ3) is 3.75. The van der Waals surface area contributed by atoms with Crippen molar-refractivity contribution in [2.45, 2.75) is 6.42 Å². The molecular weight excluding hydrogens is 336 g/mol. The van der Waals surface area contributed by atoms with Crippen LogP contribution in [0.4, 0.5) is 0 Å². The number of carbonyl (C=O) groups is 1. The van der Waals surface area contributed by atoms with Crippen LogP contribution >= 0.6 is 0 Å². The first kappa shape index (κ1) is 17.0. The summed E-state index contributed by atoms with van der Waals surface area (Å²) < 4.78 is 0. The van der Waals surface area contributed by atoms with Crippen LogP contribution in [-0.2, 0) is 16.1 Å². The predicted octanol–water partition coefficient (Wildman–Crippen LogP) is 3.79. The van der Waals surface area contributed by atoms with E-state index in [0.29, 0.717) is 6.54 Å². The average molecular weight is 356 g/mol. The van der Waals surface area contributed by atoms with Gasteiger partial charge in [0, 0.05) is 17.7 Å². The molecule has 0 aromatic heterocycles. The molecule has 0 heterocycles. The number of benzene rings is 3. The highest BCUT2D eigenvalue weighted by Crippen LogP contribution is 2.36. The molecule has 4 heteroatoms. The smallest absolute Gasteiger partial charge is 0.260 e. The van der Waals surface area contributed by atoms with Gasteiger partial charge in [0.1, 0.15) is 5.71 Å². The predicted molar refractivity (Wildman–Crippen MR) is 107 cm³/mol. The molecule has 27 heavy (non-hydrogen) atoms. The number of carbonyl (C=O) groups excluding carboxylic acids is 1. The Morgan fingerprint density at radius 3 is 1.96 bits per heavy atom. The zero-order chi connectivity index (χ0) is 18.5. The summed E-state index contributed by atoms with van der Waals surface area (Å²) in [5.74, 6) is -0.171. The van der Waals surface area contributed by atoms with Crippen molar-refractivity contribution in [2.75, 3.05) is 13.2 Å². The summed E-state index contributed by atoms with van der Waals surface area (Å²) in [5, 5.41) is 7.13. The Balaban J connectivity index is 1.36. The topological polar surface area (TPSA) is 50.7 Å². The summed E-state index contributed by atoms with van der Waals surface area (Å²) in [4.78, 5) is 17.4. The van der Waals surface area contributed by atoms with Gasteiger partial charge in [0.15, 0.2) is 6.61 Å². The summed E-state index contributed by atoms with van der Waals surface area (Å²) in [5.41, 5.74) is 6.31.